The number of ether oxygens (including phenoxy) is 2. The van der Waals surface area contributed by atoms with Gasteiger partial charge in [-0.1, -0.05) is 13.8 Å². The van der Waals surface area contributed by atoms with E-state index in [9.17, 15) is 14.3 Å². The smallest absolute Gasteiger partial charge is 0.260 e. The number of carbonyl (C=O) groups excluding carboxylic acids is 1. The summed E-state index contributed by atoms with van der Waals surface area (Å²) < 4.78 is 24.7. The monoisotopic (exact) mass is 365 g/mol. The Kier molecular flexibility index (Phi) is 5.82. The fourth-order valence-corrected chi connectivity index (χ4v) is 3.86. The van der Waals surface area contributed by atoms with Crippen LogP contribution in [0.4, 0.5) is 4.39 Å². The molecule has 1 spiro atoms. The Balaban J connectivity index is 1.51. The van der Waals surface area contributed by atoms with Crippen LogP contribution in [0.15, 0.2) is 24.3 Å². The van der Waals surface area contributed by atoms with Crippen molar-refractivity contribution >= 4 is 5.91 Å². The molecule has 6 heteroatoms. The fraction of sp³-hybridized carbons (Fsp3) is 0.650. The van der Waals surface area contributed by atoms with Gasteiger partial charge in [0.2, 0.25) is 0 Å². The average molecular weight is 365 g/mol. The van der Waals surface area contributed by atoms with Crippen LogP contribution in [0.2, 0.25) is 0 Å². The van der Waals surface area contributed by atoms with Gasteiger partial charge in [0.05, 0.1) is 17.8 Å². The molecule has 1 aromatic carbocycles. The molecule has 5 nitrogen and oxygen atoms in total. The number of aliphatic hydroxyl groups excluding tert-OH is 1. The van der Waals surface area contributed by atoms with Gasteiger partial charge in [-0.15, -0.1) is 0 Å². The van der Waals surface area contributed by atoms with Crippen LogP contribution in [0.25, 0.3) is 0 Å². The van der Waals surface area contributed by atoms with Crippen molar-refractivity contribution in [2.75, 3.05) is 19.7 Å². The average Bonchev–Trinajstić information content (AvgIpc) is 2.61. The van der Waals surface area contributed by atoms with Gasteiger partial charge >= 0.3 is 0 Å². The lowest BCUT2D eigenvalue weighted by atomic mass is 9.80. The van der Waals surface area contributed by atoms with Crippen LogP contribution in [-0.4, -0.2) is 53.4 Å². The third-order valence-electron chi connectivity index (χ3n) is 5.46. The number of halogens is 1. The molecule has 0 bridgehead atoms. The number of amides is 1. The molecule has 0 aliphatic carbocycles. The summed E-state index contributed by atoms with van der Waals surface area (Å²) in [7, 11) is 0. The highest BCUT2D eigenvalue weighted by atomic mass is 19.1. The van der Waals surface area contributed by atoms with Crippen molar-refractivity contribution in [2.45, 2.75) is 57.3 Å². The Morgan fingerprint density at radius 3 is 2.62 bits per heavy atom. The lowest BCUT2D eigenvalue weighted by molar-refractivity contribution is -0.194. The van der Waals surface area contributed by atoms with Gasteiger partial charge < -0.3 is 19.5 Å². The third kappa shape index (κ3) is 4.54. The molecule has 2 aliphatic rings. The summed E-state index contributed by atoms with van der Waals surface area (Å²) in [6.45, 7) is 5.37. The van der Waals surface area contributed by atoms with Gasteiger partial charge in [-0.05, 0) is 49.4 Å². The first-order valence-corrected chi connectivity index (χ1v) is 9.39. The zero-order valence-electron chi connectivity index (χ0n) is 15.5. The molecular weight excluding hydrogens is 337 g/mol. The zero-order chi connectivity index (χ0) is 18.7. The van der Waals surface area contributed by atoms with Crippen molar-refractivity contribution in [2.24, 2.45) is 5.92 Å². The summed E-state index contributed by atoms with van der Waals surface area (Å²) in [5, 5.41) is 10.2. The number of nitrogens with zero attached hydrogens (tertiary/aromatic N) is 1. The van der Waals surface area contributed by atoms with Gasteiger partial charge in [-0.2, -0.15) is 0 Å². The molecule has 144 valence electrons. The van der Waals surface area contributed by atoms with Crippen LogP contribution >= 0.6 is 0 Å². The zero-order valence-corrected chi connectivity index (χ0v) is 15.5. The largest absolute Gasteiger partial charge is 0.484 e. The van der Waals surface area contributed by atoms with Crippen LogP contribution in [0.1, 0.15) is 39.5 Å². The second-order valence-corrected chi connectivity index (χ2v) is 7.80. The third-order valence-corrected chi connectivity index (χ3v) is 5.46. The van der Waals surface area contributed by atoms with E-state index < -0.39 is 0 Å². The highest BCUT2D eigenvalue weighted by molar-refractivity contribution is 5.77. The van der Waals surface area contributed by atoms with Gasteiger partial charge in [0.15, 0.2) is 6.61 Å². The molecule has 1 aromatic rings. The topological polar surface area (TPSA) is 59.0 Å². The van der Waals surface area contributed by atoms with Crippen molar-refractivity contribution in [3.63, 3.8) is 0 Å². The lowest BCUT2D eigenvalue weighted by Gasteiger charge is -2.48. The SMILES string of the molecule is CC(C)[C@H]1C[C@@H](O)CC2(CCN(C(=O)COc3ccc(F)cc3)CC2)O1. The van der Waals surface area contributed by atoms with Crippen LogP contribution in [-0.2, 0) is 9.53 Å². The van der Waals surface area contributed by atoms with Crippen LogP contribution in [0.3, 0.4) is 0 Å². The van der Waals surface area contributed by atoms with Crippen LogP contribution in [0, 0.1) is 11.7 Å². The molecule has 26 heavy (non-hydrogen) atoms. The predicted octanol–water partition coefficient (Wildman–Crippen LogP) is 2.76. The number of aliphatic hydroxyl groups is 1. The Morgan fingerprint density at radius 1 is 1.35 bits per heavy atom. The molecule has 0 radical (unpaired) electrons. The molecule has 3 rings (SSSR count). The summed E-state index contributed by atoms with van der Waals surface area (Å²) in [6, 6.07) is 5.64. The number of carbonyl (C=O) groups is 1. The van der Waals surface area contributed by atoms with E-state index >= 15 is 0 Å². The van der Waals surface area contributed by atoms with Gasteiger partial charge in [-0.3, -0.25) is 4.79 Å². The minimum absolute atomic E-state index is 0.0588. The molecule has 2 fully saturated rings. The molecule has 0 saturated carbocycles. The van der Waals surface area contributed by atoms with E-state index in [0.717, 1.165) is 12.8 Å². The van der Waals surface area contributed by atoms with Crippen molar-refractivity contribution in [3.05, 3.63) is 30.1 Å². The van der Waals surface area contributed by atoms with E-state index in [1.807, 2.05) is 0 Å². The second kappa shape index (κ2) is 7.92. The molecule has 0 unspecified atom stereocenters. The Labute approximate surface area is 154 Å². The lowest BCUT2D eigenvalue weighted by Crippen LogP contribution is -2.55. The van der Waals surface area contributed by atoms with Crippen LogP contribution < -0.4 is 4.74 Å². The number of hydrogen-bond acceptors (Lipinski definition) is 4. The molecule has 2 atom stereocenters. The second-order valence-electron chi connectivity index (χ2n) is 7.80. The Morgan fingerprint density at radius 2 is 2.00 bits per heavy atom. The summed E-state index contributed by atoms with van der Waals surface area (Å²) in [5.74, 6) is 0.428. The quantitative estimate of drug-likeness (QED) is 0.891. The minimum Gasteiger partial charge on any atom is -0.484 e. The number of benzene rings is 1. The molecule has 1 N–H and O–H groups in total. The highest BCUT2D eigenvalue weighted by Gasteiger charge is 2.44. The molecular formula is C20H28FNO4. The van der Waals surface area contributed by atoms with E-state index in [1.54, 1.807) is 4.90 Å². The van der Waals surface area contributed by atoms with E-state index in [-0.39, 0.29) is 36.1 Å². The Hall–Kier alpha value is -1.66. The highest BCUT2D eigenvalue weighted by Crippen LogP contribution is 2.39. The Bertz CT molecular complexity index is 611. The van der Waals surface area contributed by atoms with Gasteiger partial charge in [0.25, 0.3) is 5.91 Å². The summed E-state index contributed by atoms with van der Waals surface area (Å²) in [5.41, 5.74) is -0.318. The summed E-state index contributed by atoms with van der Waals surface area (Å²) >= 11 is 0. The van der Waals surface area contributed by atoms with Crippen LogP contribution in [0.5, 0.6) is 5.75 Å². The first-order chi connectivity index (χ1) is 12.4. The van der Waals surface area contributed by atoms with Crippen molar-refractivity contribution in [3.8, 4) is 5.75 Å². The van der Waals surface area contributed by atoms with Gasteiger partial charge in [-0.25, -0.2) is 4.39 Å². The fourth-order valence-electron chi connectivity index (χ4n) is 3.86. The standard InChI is InChI=1S/C20H28FNO4/c1-14(2)18-11-16(23)12-20(26-18)7-9-22(10-8-20)19(24)13-25-17-5-3-15(21)4-6-17/h3-6,14,16,18,23H,7-13H2,1-2H3/t16-,18-/m1/s1. The van der Waals surface area contributed by atoms with E-state index in [2.05, 4.69) is 13.8 Å². The predicted molar refractivity (Wildman–Crippen MR) is 95.4 cm³/mol. The maximum Gasteiger partial charge on any atom is 0.260 e. The molecule has 2 saturated heterocycles. The number of rotatable bonds is 4. The van der Waals surface area contributed by atoms with E-state index in [1.165, 1.54) is 24.3 Å². The molecule has 2 heterocycles. The first kappa shape index (κ1) is 19.1. The maximum absolute atomic E-state index is 12.9. The summed E-state index contributed by atoms with van der Waals surface area (Å²) in [6.07, 6.45) is 2.53. The van der Waals surface area contributed by atoms with Crippen molar-refractivity contribution < 1.29 is 23.8 Å². The van der Waals surface area contributed by atoms with Crippen molar-refractivity contribution in [1.82, 2.24) is 4.90 Å². The minimum atomic E-state index is -0.334. The van der Waals surface area contributed by atoms with Crippen molar-refractivity contribution in [1.29, 1.82) is 0 Å². The summed E-state index contributed by atoms with van der Waals surface area (Å²) in [4.78, 5) is 14.2. The van der Waals surface area contributed by atoms with Gasteiger partial charge in [0, 0.05) is 19.5 Å². The number of piperidine rings is 1. The number of likely N-dealkylation sites (tertiary alicyclic amines) is 1. The first-order valence-electron chi connectivity index (χ1n) is 9.39. The normalized spacial score (nSPS) is 25.5. The maximum atomic E-state index is 12.9. The van der Waals surface area contributed by atoms with E-state index in [0.29, 0.717) is 37.6 Å². The number of hydrogen-bond donors (Lipinski definition) is 1. The molecule has 1 amide bonds. The van der Waals surface area contributed by atoms with Gasteiger partial charge in [0.1, 0.15) is 11.6 Å². The van der Waals surface area contributed by atoms with E-state index in [4.69, 9.17) is 9.47 Å². The molecule has 2 aliphatic heterocycles. The molecule has 0 aromatic heterocycles.